The van der Waals surface area contributed by atoms with Crippen molar-refractivity contribution in [3.8, 4) is 11.3 Å². The lowest BCUT2D eigenvalue weighted by atomic mass is 10.00. The molecule has 0 radical (unpaired) electrons. The van der Waals surface area contributed by atoms with E-state index in [1.807, 2.05) is 35.1 Å². The topological polar surface area (TPSA) is 80.5 Å². The summed E-state index contributed by atoms with van der Waals surface area (Å²) in [5, 5.41) is 16.5. The van der Waals surface area contributed by atoms with Gasteiger partial charge in [-0.3, -0.25) is 0 Å². The van der Waals surface area contributed by atoms with E-state index in [0.29, 0.717) is 12.1 Å². The maximum absolute atomic E-state index is 10.6. The predicted molar refractivity (Wildman–Crippen MR) is 108 cm³/mol. The number of halogens is 4. The van der Waals surface area contributed by atoms with Crippen LogP contribution >= 0.6 is 11.6 Å². The van der Waals surface area contributed by atoms with Crippen LogP contribution in [0.15, 0.2) is 30.5 Å². The molecule has 170 valence electrons. The number of hydrogen-bond donors (Lipinski definition) is 1. The van der Waals surface area contributed by atoms with Crippen molar-refractivity contribution in [2.24, 2.45) is 0 Å². The van der Waals surface area contributed by atoms with Gasteiger partial charge in [-0.1, -0.05) is 35.0 Å². The molecule has 2 saturated heterocycles. The fourth-order valence-corrected chi connectivity index (χ4v) is 4.05. The van der Waals surface area contributed by atoms with Gasteiger partial charge < -0.3 is 14.7 Å². The van der Waals surface area contributed by atoms with Crippen LogP contribution in [0.5, 0.6) is 0 Å². The highest BCUT2D eigenvalue weighted by Crippen LogP contribution is 2.29. The van der Waals surface area contributed by atoms with E-state index in [9.17, 15) is 13.2 Å². The predicted octanol–water partition coefficient (Wildman–Crippen LogP) is 4.05. The Morgan fingerprint density at radius 3 is 2.29 bits per heavy atom. The number of hydrogen-bond acceptors (Lipinski definition) is 5. The fraction of sp³-hybridized carbons (Fsp3) is 0.550. The van der Waals surface area contributed by atoms with Crippen molar-refractivity contribution in [1.29, 1.82) is 0 Å². The molecular weight excluding hydrogens is 437 g/mol. The molecule has 31 heavy (non-hydrogen) atoms. The highest BCUT2D eigenvalue weighted by molar-refractivity contribution is 6.33. The molecule has 1 aromatic heterocycles. The summed E-state index contributed by atoms with van der Waals surface area (Å²) in [4.78, 5) is 11.5. The zero-order chi connectivity index (χ0) is 22.4. The monoisotopic (exact) mass is 460 g/mol. The number of carbonyl (C=O) groups is 1. The summed E-state index contributed by atoms with van der Waals surface area (Å²) in [5.74, 6) is -2.76. The van der Waals surface area contributed by atoms with Crippen LogP contribution in [0.2, 0.25) is 5.02 Å². The fourth-order valence-electron chi connectivity index (χ4n) is 3.81. The third-order valence-corrected chi connectivity index (χ3v) is 5.81. The third kappa shape index (κ3) is 6.41. The lowest BCUT2D eigenvalue weighted by Gasteiger charge is -2.39. The molecule has 0 unspecified atom stereocenters. The van der Waals surface area contributed by atoms with Gasteiger partial charge in [0.25, 0.3) is 0 Å². The number of aromatic nitrogens is 3. The molecule has 0 amide bonds. The van der Waals surface area contributed by atoms with Crippen molar-refractivity contribution in [1.82, 2.24) is 19.9 Å². The van der Waals surface area contributed by atoms with Gasteiger partial charge in [0, 0.05) is 37.9 Å². The number of alkyl halides is 3. The van der Waals surface area contributed by atoms with Gasteiger partial charge in [-0.15, -0.1) is 5.10 Å². The Kier molecular flexibility index (Phi) is 7.90. The average Bonchev–Trinajstić information content (AvgIpc) is 3.25. The van der Waals surface area contributed by atoms with Gasteiger partial charge in [0.05, 0.1) is 17.3 Å². The van der Waals surface area contributed by atoms with Crippen molar-refractivity contribution >= 4 is 17.6 Å². The molecule has 11 heteroatoms. The summed E-state index contributed by atoms with van der Waals surface area (Å²) in [6.07, 6.45) is 1.55. The van der Waals surface area contributed by atoms with Crippen molar-refractivity contribution < 1.29 is 27.8 Å². The zero-order valence-electron chi connectivity index (χ0n) is 16.8. The molecule has 4 rings (SSSR count). The lowest BCUT2D eigenvalue weighted by Crippen LogP contribution is -2.44. The Morgan fingerprint density at radius 2 is 1.71 bits per heavy atom. The van der Waals surface area contributed by atoms with Crippen LogP contribution in [0.1, 0.15) is 31.7 Å². The van der Waals surface area contributed by atoms with Gasteiger partial charge in [-0.25, -0.2) is 9.48 Å². The molecule has 0 spiro atoms. The molecule has 2 aliphatic heterocycles. The Balaban J connectivity index is 0.000000339. The first-order valence-electron chi connectivity index (χ1n) is 10.0. The van der Waals surface area contributed by atoms with Crippen molar-refractivity contribution in [2.75, 3.05) is 26.3 Å². The first-order valence-corrected chi connectivity index (χ1v) is 10.4. The van der Waals surface area contributed by atoms with Crippen molar-refractivity contribution in [3.05, 3.63) is 35.5 Å². The summed E-state index contributed by atoms with van der Waals surface area (Å²) < 4.78 is 39.2. The maximum Gasteiger partial charge on any atom is 0.490 e. The van der Waals surface area contributed by atoms with Crippen LogP contribution < -0.4 is 0 Å². The second kappa shape index (κ2) is 10.4. The summed E-state index contributed by atoms with van der Waals surface area (Å²) >= 11 is 6.27. The quantitative estimate of drug-likeness (QED) is 0.744. The van der Waals surface area contributed by atoms with E-state index >= 15 is 0 Å². The first-order chi connectivity index (χ1) is 14.8. The van der Waals surface area contributed by atoms with Crippen LogP contribution in [0.25, 0.3) is 11.3 Å². The van der Waals surface area contributed by atoms with E-state index in [1.54, 1.807) is 0 Å². The minimum Gasteiger partial charge on any atom is -0.475 e. The van der Waals surface area contributed by atoms with Crippen LogP contribution in [0, 0.1) is 0 Å². The van der Waals surface area contributed by atoms with Gasteiger partial charge in [0.2, 0.25) is 0 Å². The smallest absolute Gasteiger partial charge is 0.475 e. The molecule has 3 heterocycles. The molecule has 1 N–H and O–H groups in total. The highest BCUT2D eigenvalue weighted by atomic mass is 35.5. The number of benzene rings is 1. The highest BCUT2D eigenvalue weighted by Gasteiger charge is 2.38. The largest absolute Gasteiger partial charge is 0.490 e. The van der Waals surface area contributed by atoms with Crippen LogP contribution in [-0.2, 0) is 9.53 Å². The minimum absolute atomic E-state index is 0.435. The Labute approximate surface area is 182 Å². The lowest BCUT2D eigenvalue weighted by molar-refractivity contribution is -0.192. The Morgan fingerprint density at radius 1 is 1.10 bits per heavy atom. The number of aliphatic carboxylic acids is 1. The van der Waals surface area contributed by atoms with Crippen LogP contribution in [-0.4, -0.2) is 69.5 Å². The molecule has 0 saturated carbocycles. The van der Waals surface area contributed by atoms with Gasteiger partial charge in [-0.05, 0) is 31.7 Å². The van der Waals surface area contributed by atoms with Gasteiger partial charge in [0.15, 0.2) is 0 Å². The van der Waals surface area contributed by atoms with Gasteiger partial charge >= 0.3 is 12.1 Å². The van der Waals surface area contributed by atoms with Crippen LogP contribution in [0.4, 0.5) is 13.2 Å². The van der Waals surface area contributed by atoms with E-state index in [1.165, 1.54) is 12.8 Å². The molecular formula is C20H24ClF3N4O3. The zero-order valence-corrected chi connectivity index (χ0v) is 17.5. The number of carboxylic acid groups (broad SMARTS) is 1. The van der Waals surface area contributed by atoms with Gasteiger partial charge in [-0.2, -0.15) is 13.2 Å². The van der Waals surface area contributed by atoms with E-state index in [-0.39, 0.29) is 0 Å². The number of nitrogens with zero attached hydrogens (tertiary/aromatic N) is 4. The van der Waals surface area contributed by atoms with Crippen molar-refractivity contribution in [3.63, 3.8) is 0 Å². The Hall–Kier alpha value is -2.17. The molecule has 2 aromatic rings. The second-order valence-corrected chi connectivity index (χ2v) is 7.88. The van der Waals surface area contributed by atoms with E-state index in [0.717, 1.165) is 55.4 Å². The molecule has 1 aromatic carbocycles. The third-order valence-electron chi connectivity index (χ3n) is 5.48. The van der Waals surface area contributed by atoms with E-state index in [2.05, 4.69) is 15.2 Å². The second-order valence-electron chi connectivity index (χ2n) is 7.48. The van der Waals surface area contributed by atoms with E-state index in [4.69, 9.17) is 26.2 Å². The molecule has 0 aliphatic carbocycles. The number of piperidine rings is 1. The van der Waals surface area contributed by atoms with Crippen molar-refractivity contribution in [2.45, 2.75) is 43.9 Å². The number of likely N-dealkylation sites (tertiary alicyclic amines) is 1. The standard InChI is InChI=1S/C18H23ClN4O.C2HF3O2/c19-17-4-2-1-3-16(17)18-13-23(21-20-18)15-5-9-22(10-6-15)14-7-11-24-12-8-14;3-2(4,5)1(6)7/h1-4,13-15H,5-12H2;(H,6,7). The summed E-state index contributed by atoms with van der Waals surface area (Å²) in [6.45, 7) is 4.09. The summed E-state index contributed by atoms with van der Waals surface area (Å²) in [5.41, 5.74) is 1.80. The average molecular weight is 461 g/mol. The summed E-state index contributed by atoms with van der Waals surface area (Å²) in [6, 6.07) is 8.93. The normalized spacial score (nSPS) is 19.0. The van der Waals surface area contributed by atoms with Gasteiger partial charge in [0.1, 0.15) is 5.69 Å². The molecule has 0 bridgehead atoms. The molecule has 2 aliphatic rings. The molecule has 2 fully saturated rings. The molecule has 7 nitrogen and oxygen atoms in total. The number of ether oxygens (including phenoxy) is 1. The van der Waals surface area contributed by atoms with Crippen LogP contribution in [0.3, 0.4) is 0 Å². The number of rotatable bonds is 3. The SMILES string of the molecule is Clc1ccccc1-c1cn(C2CCN(C3CCOCC3)CC2)nn1.O=C(O)C(F)(F)F. The number of carboxylic acids is 1. The van der Waals surface area contributed by atoms with E-state index < -0.39 is 12.1 Å². The maximum atomic E-state index is 10.6. The molecule has 0 atom stereocenters. The first kappa shape index (κ1) is 23.5. The summed E-state index contributed by atoms with van der Waals surface area (Å²) in [7, 11) is 0. The minimum atomic E-state index is -5.08. The Bertz CT molecular complexity index is 863.